The van der Waals surface area contributed by atoms with E-state index in [4.69, 9.17) is 5.73 Å². The predicted octanol–water partition coefficient (Wildman–Crippen LogP) is 0.879. The molecule has 0 spiro atoms. The number of nitrogens with one attached hydrogen (secondary N) is 1. The molecule has 0 aliphatic heterocycles. The van der Waals surface area contributed by atoms with Crippen LogP contribution in [0.3, 0.4) is 0 Å². The summed E-state index contributed by atoms with van der Waals surface area (Å²) in [5, 5.41) is 2.55. The van der Waals surface area contributed by atoms with Crippen LogP contribution in [0.15, 0.2) is 0 Å². The van der Waals surface area contributed by atoms with E-state index in [1.54, 1.807) is 19.0 Å². The van der Waals surface area contributed by atoms with Crippen molar-refractivity contribution in [2.24, 2.45) is 11.7 Å². The number of hydrogen-bond acceptors (Lipinski definition) is 3. The Kier molecular flexibility index (Phi) is 6.84. The normalized spacial score (nSPS) is 17.8. The number of amides is 2. The molecule has 1 aliphatic rings. The molecule has 1 unspecified atom stereocenters. The van der Waals surface area contributed by atoms with Crippen molar-refractivity contribution in [1.29, 1.82) is 0 Å². The van der Waals surface area contributed by atoms with Crippen LogP contribution in [0.5, 0.6) is 0 Å². The first kappa shape index (κ1) is 16.0. The Labute approximate surface area is 115 Å². The maximum atomic E-state index is 12.1. The van der Waals surface area contributed by atoms with Crippen LogP contribution in [0.1, 0.15) is 44.9 Å². The topological polar surface area (TPSA) is 75.4 Å². The molecular weight excluding hydrogens is 242 g/mol. The second-order valence-corrected chi connectivity index (χ2v) is 5.53. The standard InChI is InChI=1S/C14H27N3O2/c1-16-13(18)8-9-17(2)14(19)12(15)10-11-6-4-3-5-7-11/h11-12H,3-10,15H2,1-2H3,(H,16,18). The monoisotopic (exact) mass is 269 g/mol. The van der Waals surface area contributed by atoms with Gasteiger partial charge in [0, 0.05) is 27.1 Å². The predicted molar refractivity (Wildman–Crippen MR) is 75.5 cm³/mol. The minimum atomic E-state index is -0.419. The van der Waals surface area contributed by atoms with Gasteiger partial charge in [0.1, 0.15) is 0 Å². The number of carbonyl (C=O) groups excluding carboxylic acids is 2. The van der Waals surface area contributed by atoms with Gasteiger partial charge < -0.3 is 16.0 Å². The summed E-state index contributed by atoms with van der Waals surface area (Å²) in [7, 11) is 3.31. The van der Waals surface area contributed by atoms with E-state index in [-0.39, 0.29) is 11.8 Å². The van der Waals surface area contributed by atoms with Gasteiger partial charge in [-0.05, 0) is 12.3 Å². The first-order valence-corrected chi connectivity index (χ1v) is 7.25. The molecule has 1 fully saturated rings. The van der Waals surface area contributed by atoms with Crippen molar-refractivity contribution in [3.8, 4) is 0 Å². The molecule has 0 aromatic carbocycles. The third-order valence-electron chi connectivity index (χ3n) is 3.96. The van der Waals surface area contributed by atoms with Crippen LogP contribution in [0, 0.1) is 5.92 Å². The third-order valence-corrected chi connectivity index (χ3v) is 3.96. The van der Waals surface area contributed by atoms with Gasteiger partial charge >= 0.3 is 0 Å². The molecule has 0 radical (unpaired) electrons. The van der Waals surface area contributed by atoms with Gasteiger partial charge in [-0.2, -0.15) is 0 Å². The minimum Gasteiger partial charge on any atom is -0.359 e. The van der Waals surface area contributed by atoms with E-state index in [2.05, 4.69) is 5.32 Å². The summed E-state index contributed by atoms with van der Waals surface area (Å²) < 4.78 is 0. The molecule has 1 rings (SSSR count). The van der Waals surface area contributed by atoms with Crippen LogP contribution in [0.4, 0.5) is 0 Å². The molecule has 1 aliphatic carbocycles. The van der Waals surface area contributed by atoms with E-state index < -0.39 is 6.04 Å². The summed E-state index contributed by atoms with van der Waals surface area (Å²) in [6, 6.07) is -0.419. The molecule has 2 amide bonds. The van der Waals surface area contributed by atoms with Crippen molar-refractivity contribution >= 4 is 11.8 Å². The van der Waals surface area contributed by atoms with Crippen molar-refractivity contribution in [3.63, 3.8) is 0 Å². The van der Waals surface area contributed by atoms with Gasteiger partial charge in [0.05, 0.1) is 6.04 Å². The van der Waals surface area contributed by atoms with E-state index >= 15 is 0 Å². The zero-order valence-electron chi connectivity index (χ0n) is 12.2. The number of rotatable bonds is 6. The Morgan fingerprint density at radius 3 is 2.53 bits per heavy atom. The lowest BCUT2D eigenvalue weighted by atomic mass is 9.85. The fourth-order valence-electron chi connectivity index (χ4n) is 2.67. The molecule has 0 heterocycles. The molecule has 0 aromatic heterocycles. The molecule has 110 valence electrons. The van der Waals surface area contributed by atoms with Crippen molar-refractivity contribution in [2.45, 2.75) is 51.0 Å². The molecule has 0 aromatic rings. The first-order chi connectivity index (χ1) is 9.04. The number of nitrogens with zero attached hydrogens (tertiary/aromatic N) is 1. The molecule has 1 atom stereocenters. The second-order valence-electron chi connectivity index (χ2n) is 5.53. The molecular formula is C14H27N3O2. The lowest BCUT2D eigenvalue weighted by Crippen LogP contribution is -2.44. The van der Waals surface area contributed by atoms with Gasteiger partial charge in [-0.1, -0.05) is 32.1 Å². The average Bonchev–Trinajstić information content (AvgIpc) is 2.44. The lowest BCUT2D eigenvalue weighted by Gasteiger charge is -2.26. The van der Waals surface area contributed by atoms with Crippen LogP contribution < -0.4 is 11.1 Å². The third kappa shape index (κ3) is 5.59. The number of likely N-dealkylation sites (N-methyl/N-ethyl adjacent to an activating group) is 1. The molecule has 5 heteroatoms. The van der Waals surface area contributed by atoms with Gasteiger partial charge in [-0.15, -0.1) is 0 Å². The molecule has 1 saturated carbocycles. The minimum absolute atomic E-state index is 0.0468. The second kappa shape index (κ2) is 8.15. The Balaban J connectivity index is 2.31. The molecule has 0 bridgehead atoms. The average molecular weight is 269 g/mol. The highest BCUT2D eigenvalue weighted by Crippen LogP contribution is 2.27. The van der Waals surface area contributed by atoms with Gasteiger partial charge in [0.25, 0.3) is 0 Å². The van der Waals surface area contributed by atoms with E-state index in [1.807, 2.05) is 0 Å². The summed E-state index contributed by atoms with van der Waals surface area (Å²) in [5.41, 5.74) is 6.00. The summed E-state index contributed by atoms with van der Waals surface area (Å²) >= 11 is 0. The summed E-state index contributed by atoms with van der Waals surface area (Å²) in [6.45, 7) is 0.427. The molecule has 19 heavy (non-hydrogen) atoms. The number of carbonyl (C=O) groups is 2. The zero-order valence-corrected chi connectivity index (χ0v) is 12.2. The zero-order chi connectivity index (χ0) is 14.3. The molecule has 0 saturated heterocycles. The number of hydrogen-bond donors (Lipinski definition) is 2. The summed E-state index contributed by atoms with van der Waals surface area (Å²) in [5.74, 6) is 0.495. The Morgan fingerprint density at radius 2 is 1.95 bits per heavy atom. The van der Waals surface area contributed by atoms with Gasteiger partial charge in [-0.3, -0.25) is 9.59 Å². The van der Waals surface area contributed by atoms with Gasteiger partial charge in [0.2, 0.25) is 11.8 Å². The molecule has 3 N–H and O–H groups in total. The highest BCUT2D eigenvalue weighted by atomic mass is 16.2. The van der Waals surface area contributed by atoms with E-state index in [0.717, 1.165) is 6.42 Å². The van der Waals surface area contributed by atoms with Crippen molar-refractivity contribution in [3.05, 3.63) is 0 Å². The van der Waals surface area contributed by atoms with Crippen LogP contribution in [-0.4, -0.2) is 43.4 Å². The fraction of sp³-hybridized carbons (Fsp3) is 0.857. The van der Waals surface area contributed by atoms with Crippen molar-refractivity contribution in [1.82, 2.24) is 10.2 Å². The summed E-state index contributed by atoms with van der Waals surface area (Å²) in [6.07, 6.45) is 7.34. The van der Waals surface area contributed by atoms with Crippen molar-refractivity contribution in [2.75, 3.05) is 20.6 Å². The Hall–Kier alpha value is -1.10. The van der Waals surface area contributed by atoms with E-state index in [1.165, 1.54) is 32.1 Å². The largest absolute Gasteiger partial charge is 0.359 e. The van der Waals surface area contributed by atoms with E-state index in [9.17, 15) is 9.59 Å². The summed E-state index contributed by atoms with van der Waals surface area (Å²) in [4.78, 5) is 24.8. The van der Waals surface area contributed by atoms with E-state index in [0.29, 0.717) is 18.9 Å². The SMILES string of the molecule is CNC(=O)CCN(C)C(=O)C(N)CC1CCCCC1. The molecule has 5 nitrogen and oxygen atoms in total. The van der Waals surface area contributed by atoms with Gasteiger partial charge in [0.15, 0.2) is 0 Å². The lowest BCUT2D eigenvalue weighted by molar-refractivity contribution is -0.132. The fourth-order valence-corrected chi connectivity index (χ4v) is 2.67. The van der Waals surface area contributed by atoms with Crippen molar-refractivity contribution < 1.29 is 9.59 Å². The Morgan fingerprint density at radius 1 is 1.32 bits per heavy atom. The van der Waals surface area contributed by atoms with Crippen LogP contribution >= 0.6 is 0 Å². The maximum Gasteiger partial charge on any atom is 0.239 e. The van der Waals surface area contributed by atoms with Crippen LogP contribution in [0.2, 0.25) is 0 Å². The Bertz CT molecular complexity index is 301. The number of nitrogens with two attached hydrogens (primary N) is 1. The smallest absolute Gasteiger partial charge is 0.239 e. The highest BCUT2D eigenvalue weighted by molar-refractivity contribution is 5.82. The highest BCUT2D eigenvalue weighted by Gasteiger charge is 2.23. The maximum absolute atomic E-state index is 12.1. The quantitative estimate of drug-likeness (QED) is 0.751. The first-order valence-electron chi connectivity index (χ1n) is 7.25. The van der Waals surface area contributed by atoms with Crippen LogP contribution in [-0.2, 0) is 9.59 Å². The van der Waals surface area contributed by atoms with Crippen LogP contribution in [0.25, 0.3) is 0 Å². The van der Waals surface area contributed by atoms with Gasteiger partial charge in [-0.25, -0.2) is 0 Å².